The molecular formula is C11H13Cl2NS. The number of halogens is 2. The minimum atomic E-state index is 0.395. The highest BCUT2D eigenvalue weighted by Crippen LogP contribution is 2.51. The lowest BCUT2D eigenvalue weighted by molar-refractivity contribution is 0.752. The Kier molecular flexibility index (Phi) is 3.51. The van der Waals surface area contributed by atoms with Gasteiger partial charge in [-0.25, -0.2) is 0 Å². The van der Waals surface area contributed by atoms with Gasteiger partial charge in [0.1, 0.15) is 0 Å². The standard InChI is InChI=1S/C11H13Cl2NS/c1-14-7-11(4-5-11)15-8-2-3-9(12)10(13)6-8/h2-3,6,14H,4-5,7H2,1H3. The predicted molar refractivity (Wildman–Crippen MR) is 68.2 cm³/mol. The van der Waals surface area contributed by atoms with E-state index in [1.54, 1.807) is 0 Å². The molecule has 0 unspecified atom stereocenters. The van der Waals surface area contributed by atoms with Crippen LogP contribution in [0.1, 0.15) is 12.8 Å². The van der Waals surface area contributed by atoms with Gasteiger partial charge < -0.3 is 5.32 Å². The smallest absolute Gasteiger partial charge is 0.0603 e. The Morgan fingerprint density at radius 2 is 2.07 bits per heavy atom. The molecule has 0 amide bonds. The third-order valence-electron chi connectivity index (χ3n) is 2.53. The molecule has 1 nitrogen and oxygen atoms in total. The van der Waals surface area contributed by atoms with Gasteiger partial charge in [0.25, 0.3) is 0 Å². The van der Waals surface area contributed by atoms with Crippen molar-refractivity contribution >= 4 is 35.0 Å². The van der Waals surface area contributed by atoms with E-state index in [1.165, 1.54) is 17.7 Å². The third kappa shape index (κ3) is 2.82. The lowest BCUT2D eigenvalue weighted by Gasteiger charge is -2.14. The van der Waals surface area contributed by atoms with Crippen LogP contribution < -0.4 is 5.32 Å². The van der Waals surface area contributed by atoms with E-state index < -0.39 is 0 Å². The van der Waals surface area contributed by atoms with E-state index in [1.807, 2.05) is 37.0 Å². The van der Waals surface area contributed by atoms with Crippen molar-refractivity contribution in [3.63, 3.8) is 0 Å². The summed E-state index contributed by atoms with van der Waals surface area (Å²) in [5.74, 6) is 0. The molecule has 1 aromatic carbocycles. The van der Waals surface area contributed by atoms with E-state index in [0.717, 1.165) is 6.54 Å². The van der Waals surface area contributed by atoms with Gasteiger partial charge in [0, 0.05) is 16.2 Å². The van der Waals surface area contributed by atoms with Crippen LogP contribution in [0.5, 0.6) is 0 Å². The van der Waals surface area contributed by atoms with Crippen molar-refractivity contribution in [2.75, 3.05) is 13.6 Å². The molecule has 1 aliphatic carbocycles. The molecule has 1 fully saturated rings. The molecule has 2 rings (SSSR count). The number of rotatable bonds is 4. The SMILES string of the molecule is CNCC1(Sc2ccc(Cl)c(Cl)c2)CC1. The van der Waals surface area contributed by atoms with Gasteiger partial charge in [0.2, 0.25) is 0 Å². The zero-order valence-corrected chi connectivity index (χ0v) is 10.8. The fourth-order valence-electron chi connectivity index (χ4n) is 1.57. The first-order valence-electron chi connectivity index (χ1n) is 4.94. The van der Waals surface area contributed by atoms with Crippen molar-refractivity contribution in [2.24, 2.45) is 0 Å². The van der Waals surface area contributed by atoms with Crippen molar-refractivity contribution in [3.8, 4) is 0 Å². The van der Waals surface area contributed by atoms with Crippen LogP contribution in [0.2, 0.25) is 10.0 Å². The zero-order valence-electron chi connectivity index (χ0n) is 8.52. The van der Waals surface area contributed by atoms with Crippen LogP contribution in [0.25, 0.3) is 0 Å². The van der Waals surface area contributed by atoms with Crippen LogP contribution in [0.4, 0.5) is 0 Å². The van der Waals surface area contributed by atoms with Crippen molar-refractivity contribution < 1.29 is 0 Å². The average molecular weight is 262 g/mol. The van der Waals surface area contributed by atoms with Gasteiger partial charge in [-0.05, 0) is 38.1 Å². The van der Waals surface area contributed by atoms with Gasteiger partial charge in [-0.15, -0.1) is 11.8 Å². The van der Waals surface area contributed by atoms with Crippen molar-refractivity contribution in [1.82, 2.24) is 5.32 Å². The summed E-state index contributed by atoms with van der Waals surface area (Å²) in [7, 11) is 2.00. The summed E-state index contributed by atoms with van der Waals surface area (Å²) < 4.78 is 0.395. The Labute approximate surface area is 105 Å². The first-order chi connectivity index (χ1) is 7.15. The summed E-state index contributed by atoms with van der Waals surface area (Å²) in [6, 6.07) is 5.85. The molecule has 15 heavy (non-hydrogen) atoms. The van der Waals surface area contributed by atoms with Crippen LogP contribution in [-0.2, 0) is 0 Å². The minimum Gasteiger partial charge on any atom is -0.318 e. The van der Waals surface area contributed by atoms with Crippen molar-refractivity contribution in [1.29, 1.82) is 0 Å². The number of hydrogen-bond acceptors (Lipinski definition) is 2. The van der Waals surface area contributed by atoms with Crippen LogP contribution in [0, 0.1) is 0 Å². The Hall–Kier alpha value is 0.110. The van der Waals surface area contributed by atoms with Crippen molar-refractivity contribution in [3.05, 3.63) is 28.2 Å². The normalized spacial score (nSPS) is 17.8. The van der Waals surface area contributed by atoms with Gasteiger partial charge in [-0.2, -0.15) is 0 Å². The van der Waals surface area contributed by atoms with E-state index >= 15 is 0 Å². The van der Waals surface area contributed by atoms with Crippen LogP contribution in [0.3, 0.4) is 0 Å². The maximum Gasteiger partial charge on any atom is 0.0603 e. The fourth-order valence-corrected chi connectivity index (χ4v) is 3.27. The number of nitrogens with one attached hydrogen (secondary N) is 1. The third-order valence-corrected chi connectivity index (χ3v) is 4.75. The first-order valence-corrected chi connectivity index (χ1v) is 6.51. The summed E-state index contributed by atoms with van der Waals surface area (Å²) in [5, 5.41) is 4.50. The molecule has 1 aliphatic rings. The molecule has 0 heterocycles. The second kappa shape index (κ2) is 4.54. The lowest BCUT2D eigenvalue weighted by Crippen LogP contribution is -2.22. The molecule has 0 saturated heterocycles. The van der Waals surface area contributed by atoms with Crippen LogP contribution in [0.15, 0.2) is 23.1 Å². The largest absolute Gasteiger partial charge is 0.318 e. The second-order valence-corrected chi connectivity index (χ2v) is 6.25. The van der Waals surface area contributed by atoms with E-state index in [2.05, 4.69) is 5.32 Å². The molecule has 0 bridgehead atoms. The Morgan fingerprint density at radius 1 is 1.33 bits per heavy atom. The molecule has 0 spiro atoms. The second-order valence-electron chi connectivity index (χ2n) is 3.89. The molecule has 4 heteroatoms. The van der Waals surface area contributed by atoms with E-state index in [-0.39, 0.29) is 0 Å². The maximum absolute atomic E-state index is 5.98. The molecule has 82 valence electrons. The molecule has 0 aromatic heterocycles. The van der Waals surface area contributed by atoms with Gasteiger partial charge in [0.05, 0.1) is 10.0 Å². The predicted octanol–water partition coefficient (Wildman–Crippen LogP) is 3.84. The Morgan fingerprint density at radius 3 is 2.60 bits per heavy atom. The maximum atomic E-state index is 5.98. The molecule has 0 radical (unpaired) electrons. The lowest BCUT2D eigenvalue weighted by atomic mass is 10.4. The van der Waals surface area contributed by atoms with E-state index in [9.17, 15) is 0 Å². The molecule has 1 aromatic rings. The summed E-state index contributed by atoms with van der Waals surface area (Å²) in [6.45, 7) is 1.05. The summed E-state index contributed by atoms with van der Waals surface area (Å²) >= 11 is 13.8. The van der Waals surface area contributed by atoms with Crippen LogP contribution in [-0.4, -0.2) is 18.3 Å². The molecule has 1 saturated carbocycles. The molecule has 0 atom stereocenters. The summed E-state index contributed by atoms with van der Waals surface area (Å²) in [5.41, 5.74) is 0. The molecule has 1 N–H and O–H groups in total. The van der Waals surface area contributed by atoms with E-state index in [0.29, 0.717) is 14.8 Å². The van der Waals surface area contributed by atoms with Gasteiger partial charge in [0.15, 0.2) is 0 Å². The van der Waals surface area contributed by atoms with Gasteiger partial charge in [-0.3, -0.25) is 0 Å². The summed E-state index contributed by atoms with van der Waals surface area (Å²) in [6.07, 6.45) is 2.55. The number of hydrogen-bond donors (Lipinski definition) is 1. The number of benzene rings is 1. The molecule has 0 aliphatic heterocycles. The first kappa shape index (κ1) is 11.6. The highest BCUT2D eigenvalue weighted by Gasteiger charge is 2.42. The topological polar surface area (TPSA) is 12.0 Å². The highest BCUT2D eigenvalue weighted by molar-refractivity contribution is 8.01. The van der Waals surface area contributed by atoms with Crippen LogP contribution >= 0.6 is 35.0 Å². The minimum absolute atomic E-state index is 0.395. The highest BCUT2D eigenvalue weighted by atomic mass is 35.5. The zero-order chi connectivity index (χ0) is 10.9. The summed E-state index contributed by atoms with van der Waals surface area (Å²) in [4.78, 5) is 1.21. The average Bonchev–Trinajstić information content (AvgIpc) is 2.92. The fraction of sp³-hybridized carbons (Fsp3) is 0.455. The van der Waals surface area contributed by atoms with Gasteiger partial charge >= 0.3 is 0 Å². The van der Waals surface area contributed by atoms with Crippen molar-refractivity contribution in [2.45, 2.75) is 22.5 Å². The Balaban J connectivity index is 2.08. The quantitative estimate of drug-likeness (QED) is 0.884. The van der Waals surface area contributed by atoms with Gasteiger partial charge in [-0.1, -0.05) is 23.2 Å². The van der Waals surface area contributed by atoms with E-state index in [4.69, 9.17) is 23.2 Å². The molecular weight excluding hydrogens is 249 g/mol. The Bertz CT molecular complexity index is 364. The number of thioether (sulfide) groups is 1. The monoisotopic (exact) mass is 261 g/mol.